The van der Waals surface area contributed by atoms with Gasteiger partial charge in [0.1, 0.15) is 11.4 Å². The van der Waals surface area contributed by atoms with Crippen LogP contribution in [0.15, 0.2) is 34.8 Å². The van der Waals surface area contributed by atoms with Gasteiger partial charge in [0, 0.05) is 10.2 Å². The van der Waals surface area contributed by atoms with E-state index in [4.69, 9.17) is 10.5 Å². The van der Waals surface area contributed by atoms with Gasteiger partial charge < -0.3 is 15.5 Å². The van der Waals surface area contributed by atoms with Crippen LogP contribution in [0.2, 0.25) is 0 Å². The number of benzene rings is 1. The Morgan fingerprint density at radius 2 is 2.22 bits per heavy atom. The van der Waals surface area contributed by atoms with Gasteiger partial charge in [-0.05, 0) is 30.7 Å². The molecule has 94 valence electrons. The van der Waals surface area contributed by atoms with Crippen molar-refractivity contribution in [3.63, 3.8) is 0 Å². The second-order valence-electron chi connectivity index (χ2n) is 3.74. The summed E-state index contributed by atoms with van der Waals surface area (Å²) in [6, 6.07) is 9.43. The number of hydrogen-bond donors (Lipinski definition) is 2. The van der Waals surface area contributed by atoms with Crippen LogP contribution in [0.1, 0.15) is 17.3 Å². The number of esters is 1. The van der Waals surface area contributed by atoms with Crippen molar-refractivity contribution in [2.45, 2.75) is 6.92 Å². The monoisotopic (exact) mass is 308 g/mol. The average molecular weight is 309 g/mol. The summed E-state index contributed by atoms with van der Waals surface area (Å²) in [7, 11) is 0. The Kier molecular flexibility index (Phi) is 3.72. The van der Waals surface area contributed by atoms with Crippen molar-refractivity contribution in [1.82, 2.24) is 4.98 Å². The van der Waals surface area contributed by atoms with E-state index >= 15 is 0 Å². The molecule has 0 amide bonds. The second kappa shape index (κ2) is 5.27. The topological polar surface area (TPSA) is 68.1 Å². The smallest absolute Gasteiger partial charge is 0.341 e. The number of carbonyl (C=O) groups is 1. The molecule has 1 heterocycles. The number of ether oxygens (including phenoxy) is 1. The number of nitrogen functional groups attached to an aromatic ring is 1. The van der Waals surface area contributed by atoms with Crippen molar-refractivity contribution in [3.05, 3.63) is 40.4 Å². The highest BCUT2D eigenvalue weighted by atomic mass is 79.9. The Balaban J connectivity index is 2.37. The third-order valence-corrected chi connectivity index (χ3v) is 2.97. The van der Waals surface area contributed by atoms with Crippen LogP contribution in [0.4, 0.5) is 5.82 Å². The first-order valence-corrected chi connectivity index (χ1v) is 6.32. The predicted octanol–water partition coefficient (Wildman–Crippen LogP) is 3.20. The minimum Gasteiger partial charge on any atom is -0.462 e. The van der Waals surface area contributed by atoms with Gasteiger partial charge in [0.25, 0.3) is 0 Å². The van der Waals surface area contributed by atoms with Crippen LogP contribution < -0.4 is 5.73 Å². The largest absolute Gasteiger partial charge is 0.462 e. The summed E-state index contributed by atoms with van der Waals surface area (Å²) in [6.45, 7) is 2.09. The Morgan fingerprint density at radius 3 is 2.89 bits per heavy atom. The van der Waals surface area contributed by atoms with E-state index in [1.165, 1.54) is 0 Å². The first-order valence-electron chi connectivity index (χ1n) is 5.53. The lowest BCUT2D eigenvalue weighted by Crippen LogP contribution is -2.05. The first-order chi connectivity index (χ1) is 8.61. The maximum Gasteiger partial charge on any atom is 0.341 e. The molecular weight excluding hydrogens is 296 g/mol. The number of halogens is 1. The molecule has 0 aliphatic heterocycles. The summed E-state index contributed by atoms with van der Waals surface area (Å²) in [5, 5.41) is 0. The molecule has 0 radical (unpaired) electrons. The third-order valence-electron chi connectivity index (χ3n) is 2.48. The van der Waals surface area contributed by atoms with E-state index in [-0.39, 0.29) is 0 Å². The highest BCUT2D eigenvalue weighted by Crippen LogP contribution is 2.26. The fourth-order valence-corrected chi connectivity index (χ4v) is 2.06. The van der Waals surface area contributed by atoms with E-state index < -0.39 is 5.97 Å². The van der Waals surface area contributed by atoms with Gasteiger partial charge in [-0.2, -0.15) is 0 Å². The van der Waals surface area contributed by atoms with E-state index in [0.29, 0.717) is 18.0 Å². The van der Waals surface area contributed by atoms with Crippen molar-refractivity contribution >= 4 is 27.7 Å². The van der Waals surface area contributed by atoms with E-state index in [0.717, 1.165) is 15.7 Å². The molecule has 0 unspecified atom stereocenters. The molecule has 0 bridgehead atoms. The number of carbonyl (C=O) groups excluding carboxylic acids is 1. The van der Waals surface area contributed by atoms with Crippen LogP contribution >= 0.6 is 15.9 Å². The molecule has 4 nitrogen and oxygen atoms in total. The predicted molar refractivity (Wildman–Crippen MR) is 74.3 cm³/mol. The van der Waals surface area contributed by atoms with Gasteiger partial charge in [-0.15, -0.1) is 0 Å². The molecule has 0 saturated heterocycles. The fraction of sp³-hybridized carbons (Fsp3) is 0.154. The maximum absolute atomic E-state index is 11.6. The molecular formula is C13H13BrN2O2. The van der Waals surface area contributed by atoms with Crippen LogP contribution in [-0.4, -0.2) is 17.6 Å². The Hall–Kier alpha value is -1.75. The molecule has 0 atom stereocenters. The third kappa shape index (κ3) is 2.56. The van der Waals surface area contributed by atoms with E-state index in [1.54, 1.807) is 13.0 Å². The molecule has 1 aromatic heterocycles. The molecule has 0 spiro atoms. The summed E-state index contributed by atoms with van der Waals surface area (Å²) in [6.07, 6.45) is 0. The number of aromatic nitrogens is 1. The fourth-order valence-electron chi connectivity index (χ4n) is 1.66. The van der Waals surface area contributed by atoms with Gasteiger partial charge in [-0.3, -0.25) is 0 Å². The number of anilines is 1. The molecule has 2 rings (SSSR count). The molecule has 2 aromatic rings. The molecule has 18 heavy (non-hydrogen) atoms. The number of rotatable bonds is 3. The minimum atomic E-state index is -0.410. The van der Waals surface area contributed by atoms with E-state index in [9.17, 15) is 4.79 Å². The summed E-state index contributed by atoms with van der Waals surface area (Å²) in [5.74, 6) is -0.0871. The molecule has 3 N–H and O–H groups in total. The Bertz CT molecular complexity index is 578. The Labute approximate surface area is 113 Å². The van der Waals surface area contributed by atoms with Crippen LogP contribution in [0.5, 0.6) is 0 Å². The van der Waals surface area contributed by atoms with Crippen molar-refractivity contribution in [2.75, 3.05) is 12.3 Å². The quantitative estimate of drug-likeness (QED) is 0.856. The molecule has 0 saturated carbocycles. The number of nitrogens with two attached hydrogens (primary N) is 1. The standard InChI is InChI=1S/C13H13BrN2O2/c1-2-18-13(17)10-7-11(16-12(10)15)8-4-3-5-9(14)6-8/h3-7,16H,2,15H2,1H3. The molecule has 0 aliphatic rings. The number of aromatic amines is 1. The lowest BCUT2D eigenvalue weighted by Gasteiger charge is -1.98. The second-order valence-corrected chi connectivity index (χ2v) is 4.66. The van der Waals surface area contributed by atoms with E-state index in [1.807, 2.05) is 24.3 Å². The zero-order valence-corrected chi connectivity index (χ0v) is 11.5. The molecule has 5 heteroatoms. The molecule has 0 aliphatic carbocycles. The number of H-pyrrole nitrogens is 1. The van der Waals surface area contributed by atoms with Gasteiger partial charge in [-0.1, -0.05) is 28.1 Å². The number of nitrogens with one attached hydrogen (secondary N) is 1. The lowest BCUT2D eigenvalue weighted by atomic mass is 10.1. The van der Waals surface area contributed by atoms with Crippen LogP contribution in [0.3, 0.4) is 0 Å². The average Bonchev–Trinajstić information content (AvgIpc) is 2.72. The lowest BCUT2D eigenvalue weighted by molar-refractivity contribution is 0.0528. The molecule has 0 fully saturated rings. The van der Waals surface area contributed by atoms with Crippen LogP contribution in [0.25, 0.3) is 11.3 Å². The summed E-state index contributed by atoms with van der Waals surface area (Å²) in [5.41, 5.74) is 7.89. The van der Waals surface area contributed by atoms with Crippen molar-refractivity contribution in [1.29, 1.82) is 0 Å². The minimum absolute atomic E-state index is 0.323. The van der Waals surface area contributed by atoms with Gasteiger partial charge in [0.15, 0.2) is 0 Å². The summed E-state index contributed by atoms with van der Waals surface area (Å²) < 4.78 is 5.90. The maximum atomic E-state index is 11.6. The molecule has 1 aromatic carbocycles. The van der Waals surface area contributed by atoms with Crippen molar-refractivity contribution in [3.8, 4) is 11.3 Å². The zero-order chi connectivity index (χ0) is 13.1. The SMILES string of the molecule is CCOC(=O)c1cc(-c2cccc(Br)c2)[nH]c1N. The van der Waals surface area contributed by atoms with Gasteiger partial charge in [0.2, 0.25) is 0 Å². The highest BCUT2D eigenvalue weighted by molar-refractivity contribution is 9.10. The van der Waals surface area contributed by atoms with Crippen molar-refractivity contribution in [2.24, 2.45) is 0 Å². The van der Waals surface area contributed by atoms with Gasteiger partial charge >= 0.3 is 5.97 Å². The first kappa shape index (κ1) is 12.7. The van der Waals surface area contributed by atoms with Crippen LogP contribution in [0, 0.1) is 0 Å². The Morgan fingerprint density at radius 1 is 1.44 bits per heavy atom. The van der Waals surface area contributed by atoms with Crippen molar-refractivity contribution < 1.29 is 9.53 Å². The van der Waals surface area contributed by atoms with E-state index in [2.05, 4.69) is 20.9 Å². The van der Waals surface area contributed by atoms with Gasteiger partial charge in [-0.25, -0.2) is 4.79 Å². The number of hydrogen-bond acceptors (Lipinski definition) is 3. The summed E-state index contributed by atoms with van der Waals surface area (Å²) >= 11 is 3.40. The van der Waals surface area contributed by atoms with Crippen LogP contribution in [-0.2, 0) is 4.74 Å². The van der Waals surface area contributed by atoms with Gasteiger partial charge in [0.05, 0.1) is 6.61 Å². The zero-order valence-electron chi connectivity index (χ0n) is 9.87. The highest BCUT2D eigenvalue weighted by Gasteiger charge is 2.15. The summed E-state index contributed by atoms with van der Waals surface area (Å²) in [4.78, 5) is 14.6. The normalized spacial score (nSPS) is 10.3.